The van der Waals surface area contributed by atoms with E-state index in [1.54, 1.807) is 0 Å². The summed E-state index contributed by atoms with van der Waals surface area (Å²) in [4.78, 5) is 11.8. The molecule has 106 valence electrons. The lowest BCUT2D eigenvalue weighted by Crippen LogP contribution is -2.54. The number of carbonyl (C=O) groups is 1. The second kappa shape index (κ2) is 6.68. The summed E-state index contributed by atoms with van der Waals surface area (Å²) in [5.74, 6) is -1.05. The maximum atomic E-state index is 11.8. The first-order chi connectivity index (χ1) is 8.98. The van der Waals surface area contributed by atoms with Crippen molar-refractivity contribution in [1.29, 1.82) is 0 Å². The number of benzene rings is 1. The zero-order valence-electron chi connectivity index (χ0n) is 11.8. The zero-order valence-corrected chi connectivity index (χ0v) is 11.8. The zero-order chi connectivity index (χ0) is 14.5. The molecule has 0 aliphatic heterocycles. The Morgan fingerprint density at radius 2 is 2.11 bits per heavy atom. The summed E-state index contributed by atoms with van der Waals surface area (Å²) in [7, 11) is 0. The molecule has 0 aliphatic carbocycles. The number of hydrogen-bond donors (Lipinski definition) is 3. The standard InChI is InChI=1S/C15H23NO3/c1-4-12-6-5-7-13(10-12)15(11(2)3,14(18)19)16-8-9-17/h5-7,10-11,16-17H,4,8-9H2,1-3H3,(H,18,19)/t15-/m1/s1. The van der Waals surface area contributed by atoms with Crippen LogP contribution >= 0.6 is 0 Å². The molecule has 0 aromatic heterocycles. The summed E-state index contributed by atoms with van der Waals surface area (Å²) in [6, 6.07) is 7.63. The van der Waals surface area contributed by atoms with Gasteiger partial charge in [0, 0.05) is 6.54 Å². The molecule has 0 heterocycles. The fraction of sp³-hybridized carbons (Fsp3) is 0.533. The second-order valence-corrected chi connectivity index (χ2v) is 4.97. The lowest BCUT2D eigenvalue weighted by Gasteiger charge is -2.35. The molecular weight excluding hydrogens is 242 g/mol. The van der Waals surface area contributed by atoms with Crippen LogP contribution in [-0.4, -0.2) is 29.3 Å². The topological polar surface area (TPSA) is 69.6 Å². The molecule has 1 rings (SSSR count). The third-order valence-electron chi connectivity index (χ3n) is 3.51. The maximum absolute atomic E-state index is 11.8. The smallest absolute Gasteiger partial charge is 0.328 e. The molecule has 0 fully saturated rings. The number of hydrogen-bond acceptors (Lipinski definition) is 3. The average Bonchev–Trinajstić information content (AvgIpc) is 2.39. The van der Waals surface area contributed by atoms with Gasteiger partial charge in [-0.3, -0.25) is 5.32 Å². The van der Waals surface area contributed by atoms with Crippen molar-refractivity contribution < 1.29 is 15.0 Å². The molecule has 0 bridgehead atoms. The van der Waals surface area contributed by atoms with Crippen LogP contribution in [0.4, 0.5) is 0 Å². The van der Waals surface area contributed by atoms with Crippen LogP contribution in [-0.2, 0) is 16.8 Å². The minimum atomic E-state index is -1.16. The van der Waals surface area contributed by atoms with Gasteiger partial charge in [-0.15, -0.1) is 0 Å². The quantitative estimate of drug-likeness (QED) is 0.702. The SMILES string of the molecule is CCc1cccc([C@@](NCCO)(C(=O)O)C(C)C)c1. The average molecular weight is 265 g/mol. The molecule has 0 unspecified atom stereocenters. The first-order valence-corrected chi connectivity index (χ1v) is 6.67. The van der Waals surface area contributed by atoms with Crippen LogP contribution in [0.15, 0.2) is 24.3 Å². The Hall–Kier alpha value is -1.39. The normalized spacial score (nSPS) is 14.4. The molecule has 1 aromatic carbocycles. The van der Waals surface area contributed by atoms with Gasteiger partial charge in [-0.1, -0.05) is 45.0 Å². The maximum Gasteiger partial charge on any atom is 0.328 e. The van der Waals surface area contributed by atoms with E-state index in [1.807, 2.05) is 45.0 Å². The monoisotopic (exact) mass is 265 g/mol. The van der Waals surface area contributed by atoms with Crippen molar-refractivity contribution in [3.05, 3.63) is 35.4 Å². The molecular formula is C15H23NO3. The molecule has 3 N–H and O–H groups in total. The fourth-order valence-electron chi connectivity index (χ4n) is 2.38. The van der Waals surface area contributed by atoms with Crippen molar-refractivity contribution in [3.8, 4) is 0 Å². The van der Waals surface area contributed by atoms with Crippen molar-refractivity contribution in [2.45, 2.75) is 32.7 Å². The molecule has 4 heteroatoms. The molecule has 19 heavy (non-hydrogen) atoms. The minimum Gasteiger partial charge on any atom is -0.480 e. The van der Waals surface area contributed by atoms with E-state index in [1.165, 1.54) is 0 Å². The Morgan fingerprint density at radius 1 is 1.42 bits per heavy atom. The number of carboxylic acid groups (broad SMARTS) is 1. The Kier molecular flexibility index (Phi) is 5.51. The second-order valence-electron chi connectivity index (χ2n) is 4.97. The summed E-state index contributed by atoms with van der Waals surface area (Å²) >= 11 is 0. The van der Waals surface area contributed by atoms with Gasteiger partial charge >= 0.3 is 5.97 Å². The summed E-state index contributed by atoms with van der Waals surface area (Å²) < 4.78 is 0. The lowest BCUT2D eigenvalue weighted by atomic mass is 9.79. The third-order valence-corrected chi connectivity index (χ3v) is 3.51. The first kappa shape index (κ1) is 15.7. The van der Waals surface area contributed by atoms with Crippen LogP contribution in [0.1, 0.15) is 31.9 Å². The summed E-state index contributed by atoms with van der Waals surface area (Å²) in [5, 5.41) is 21.7. The number of aliphatic hydroxyl groups excluding tert-OH is 1. The van der Waals surface area contributed by atoms with E-state index in [2.05, 4.69) is 5.32 Å². The van der Waals surface area contributed by atoms with Gasteiger partial charge in [-0.05, 0) is 23.5 Å². The van der Waals surface area contributed by atoms with Gasteiger partial charge in [0.05, 0.1) is 6.61 Å². The molecule has 0 saturated carbocycles. The molecule has 4 nitrogen and oxygen atoms in total. The van der Waals surface area contributed by atoms with Gasteiger partial charge in [-0.2, -0.15) is 0 Å². The highest BCUT2D eigenvalue weighted by Gasteiger charge is 2.43. The van der Waals surface area contributed by atoms with Crippen LogP contribution in [0.3, 0.4) is 0 Å². The van der Waals surface area contributed by atoms with Crippen molar-refractivity contribution in [2.24, 2.45) is 5.92 Å². The van der Waals surface area contributed by atoms with Gasteiger partial charge in [0.1, 0.15) is 5.54 Å². The van der Waals surface area contributed by atoms with Gasteiger partial charge in [0.25, 0.3) is 0 Å². The highest BCUT2D eigenvalue weighted by Crippen LogP contribution is 2.30. The van der Waals surface area contributed by atoms with Crippen LogP contribution in [0.2, 0.25) is 0 Å². The molecule has 1 atom stereocenters. The van der Waals surface area contributed by atoms with Gasteiger partial charge < -0.3 is 10.2 Å². The molecule has 0 amide bonds. The summed E-state index contributed by atoms with van der Waals surface area (Å²) in [5.41, 5.74) is 0.686. The molecule has 0 spiro atoms. The third kappa shape index (κ3) is 3.14. The van der Waals surface area contributed by atoms with E-state index in [0.29, 0.717) is 0 Å². The van der Waals surface area contributed by atoms with Crippen molar-refractivity contribution >= 4 is 5.97 Å². The fourth-order valence-corrected chi connectivity index (χ4v) is 2.38. The largest absolute Gasteiger partial charge is 0.480 e. The van der Waals surface area contributed by atoms with Crippen molar-refractivity contribution in [2.75, 3.05) is 13.2 Å². The summed E-state index contributed by atoms with van der Waals surface area (Å²) in [6.45, 7) is 5.95. The van der Waals surface area contributed by atoms with Crippen LogP contribution < -0.4 is 5.32 Å². The van der Waals surface area contributed by atoms with E-state index < -0.39 is 11.5 Å². The highest BCUT2D eigenvalue weighted by atomic mass is 16.4. The number of carboxylic acids is 1. The minimum absolute atomic E-state index is 0.0881. The predicted octanol–water partition coefficient (Wildman–Crippen LogP) is 1.77. The van der Waals surface area contributed by atoms with E-state index >= 15 is 0 Å². The van der Waals surface area contributed by atoms with Crippen LogP contribution in [0.25, 0.3) is 0 Å². The van der Waals surface area contributed by atoms with Gasteiger partial charge in [0.2, 0.25) is 0 Å². The Labute approximate surface area is 114 Å². The number of nitrogens with one attached hydrogen (secondary N) is 1. The Balaban J connectivity index is 3.30. The van der Waals surface area contributed by atoms with E-state index in [-0.39, 0.29) is 19.1 Å². The molecule has 0 aliphatic rings. The Morgan fingerprint density at radius 3 is 2.58 bits per heavy atom. The number of aliphatic hydroxyl groups is 1. The van der Waals surface area contributed by atoms with Gasteiger partial charge in [-0.25, -0.2) is 4.79 Å². The van der Waals surface area contributed by atoms with Crippen molar-refractivity contribution in [3.63, 3.8) is 0 Å². The van der Waals surface area contributed by atoms with Crippen molar-refractivity contribution in [1.82, 2.24) is 5.32 Å². The van der Waals surface area contributed by atoms with Crippen LogP contribution in [0, 0.1) is 5.92 Å². The van der Waals surface area contributed by atoms with E-state index in [0.717, 1.165) is 17.5 Å². The number of rotatable bonds is 7. The number of aryl methyl sites for hydroxylation is 1. The van der Waals surface area contributed by atoms with E-state index in [9.17, 15) is 9.90 Å². The molecule has 1 aromatic rings. The predicted molar refractivity (Wildman–Crippen MR) is 75.1 cm³/mol. The summed E-state index contributed by atoms with van der Waals surface area (Å²) in [6.07, 6.45) is 0.863. The van der Waals surface area contributed by atoms with Gasteiger partial charge in [0.15, 0.2) is 0 Å². The Bertz CT molecular complexity index is 431. The van der Waals surface area contributed by atoms with Crippen LogP contribution in [0.5, 0.6) is 0 Å². The first-order valence-electron chi connectivity index (χ1n) is 6.67. The number of aliphatic carboxylic acids is 1. The highest BCUT2D eigenvalue weighted by molar-refractivity contribution is 5.81. The lowest BCUT2D eigenvalue weighted by molar-refractivity contribution is -0.147. The molecule has 0 radical (unpaired) electrons. The van der Waals surface area contributed by atoms with E-state index in [4.69, 9.17) is 5.11 Å². The molecule has 0 saturated heterocycles.